The van der Waals surface area contributed by atoms with Crippen molar-refractivity contribution >= 4 is 17.3 Å². The number of aryl methyl sites for hydroxylation is 1. The summed E-state index contributed by atoms with van der Waals surface area (Å²) in [5.74, 6) is 2.00. The van der Waals surface area contributed by atoms with Crippen molar-refractivity contribution in [2.24, 2.45) is 11.8 Å². The van der Waals surface area contributed by atoms with Crippen molar-refractivity contribution in [2.75, 3.05) is 31.6 Å². The van der Waals surface area contributed by atoms with E-state index in [-0.39, 0.29) is 6.10 Å². The van der Waals surface area contributed by atoms with Crippen molar-refractivity contribution in [1.82, 2.24) is 14.9 Å². The monoisotopic (exact) mass is 344 g/mol. The third-order valence-electron chi connectivity index (χ3n) is 5.10. The number of piperidine rings is 1. The summed E-state index contributed by atoms with van der Waals surface area (Å²) in [7, 11) is 0. The van der Waals surface area contributed by atoms with Crippen LogP contribution in [0.15, 0.2) is 30.6 Å². The highest BCUT2D eigenvalue weighted by atomic mass is 32.1. The predicted molar refractivity (Wildman–Crippen MR) is 96.2 cm³/mol. The molecule has 2 fully saturated rings. The zero-order valence-electron chi connectivity index (χ0n) is 14.0. The minimum Gasteiger partial charge on any atom is -0.376 e. The van der Waals surface area contributed by atoms with Gasteiger partial charge in [0.15, 0.2) is 0 Å². The molecule has 0 amide bonds. The van der Waals surface area contributed by atoms with Crippen LogP contribution in [0.2, 0.25) is 0 Å². The molecule has 0 unspecified atom stereocenters. The minimum absolute atomic E-state index is 0.256. The van der Waals surface area contributed by atoms with E-state index in [9.17, 15) is 0 Å². The van der Waals surface area contributed by atoms with Gasteiger partial charge in [-0.1, -0.05) is 0 Å². The van der Waals surface area contributed by atoms with E-state index in [1.807, 2.05) is 17.4 Å². The van der Waals surface area contributed by atoms with Gasteiger partial charge in [-0.3, -0.25) is 4.90 Å². The molecule has 3 atom stereocenters. The van der Waals surface area contributed by atoms with Gasteiger partial charge in [-0.05, 0) is 44.0 Å². The summed E-state index contributed by atoms with van der Waals surface area (Å²) < 4.78 is 6.08. The highest BCUT2D eigenvalue weighted by Gasteiger charge is 2.40. The molecule has 0 aromatic carbocycles. The molecule has 2 saturated heterocycles. The Balaban J connectivity index is 1.34. The second kappa shape index (κ2) is 7.17. The highest BCUT2D eigenvalue weighted by molar-refractivity contribution is 7.11. The Morgan fingerprint density at radius 2 is 2.21 bits per heavy atom. The molecule has 1 N–H and O–H groups in total. The number of aromatic nitrogens is 2. The van der Waals surface area contributed by atoms with Gasteiger partial charge in [0.05, 0.1) is 12.7 Å². The van der Waals surface area contributed by atoms with Crippen LogP contribution < -0.4 is 5.32 Å². The van der Waals surface area contributed by atoms with Gasteiger partial charge < -0.3 is 10.1 Å². The lowest BCUT2D eigenvalue weighted by molar-refractivity contribution is 0.0833. The summed E-state index contributed by atoms with van der Waals surface area (Å²) in [6, 6.07) is 6.32. The fourth-order valence-electron chi connectivity index (χ4n) is 3.83. The van der Waals surface area contributed by atoms with Crippen molar-refractivity contribution < 1.29 is 4.74 Å². The fourth-order valence-corrected chi connectivity index (χ4v) is 4.76. The van der Waals surface area contributed by atoms with Gasteiger partial charge in [-0.15, -0.1) is 11.3 Å². The molecule has 2 aromatic rings. The molecular formula is C18H24N4OS. The van der Waals surface area contributed by atoms with Gasteiger partial charge in [0.1, 0.15) is 0 Å². The van der Waals surface area contributed by atoms with Gasteiger partial charge in [0, 0.05) is 47.7 Å². The summed E-state index contributed by atoms with van der Waals surface area (Å²) in [4.78, 5) is 13.9. The van der Waals surface area contributed by atoms with Gasteiger partial charge in [0.25, 0.3) is 0 Å². The third-order valence-corrected chi connectivity index (χ3v) is 6.08. The highest BCUT2D eigenvalue weighted by Crippen LogP contribution is 2.35. The van der Waals surface area contributed by atoms with Crippen molar-refractivity contribution in [2.45, 2.75) is 26.0 Å². The van der Waals surface area contributed by atoms with Gasteiger partial charge in [-0.25, -0.2) is 9.97 Å². The average molecular weight is 344 g/mol. The number of nitrogens with one attached hydrogen (secondary N) is 1. The van der Waals surface area contributed by atoms with Crippen LogP contribution in [-0.4, -0.2) is 47.2 Å². The lowest BCUT2D eigenvalue weighted by Gasteiger charge is -2.35. The van der Waals surface area contributed by atoms with Gasteiger partial charge in [0.2, 0.25) is 5.95 Å². The van der Waals surface area contributed by atoms with Crippen LogP contribution in [0.3, 0.4) is 0 Å². The summed E-state index contributed by atoms with van der Waals surface area (Å²) in [5.41, 5.74) is 0. The topological polar surface area (TPSA) is 50.3 Å². The molecule has 4 heterocycles. The molecular weight excluding hydrogens is 320 g/mol. The molecule has 0 saturated carbocycles. The normalized spacial score (nSPS) is 27.1. The molecule has 4 rings (SSSR count). The Morgan fingerprint density at radius 3 is 3.00 bits per heavy atom. The zero-order chi connectivity index (χ0) is 16.4. The molecule has 5 nitrogen and oxygen atoms in total. The number of hydrogen-bond acceptors (Lipinski definition) is 6. The molecule has 128 valence electrons. The van der Waals surface area contributed by atoms with E-state index in [0.717, 1.165) is 26.2 Å². The van der Waals surface area contributed by atoms with Gasteiger partial charge >= 0.3 is 0 Å². The number of likely N-dealkylation sites (tertiary alicyclic amines) is 1. The molecule has 6 heteroatoms. The van der Waals surface area contributed by atoms with Crippen LogP contribution in [0.4, 0.5) is 5.95 Å². The van der Waals surface area contributed by atoms with Crippen LogP contribution in [-0.2, 0) is 11.3 Å². The first kappa shape index (κ1) is 16.0. The lowest BCUT2D eigenvalue weighted by Crippen LogP contribution is -2.43. The van der Waals surface area contributed by atoms with Crippen LogP contribution in [0.1, 0.15) is 16.2 Å². The molecule has 2 aliphatic rings. The maximum atomic E-state index is 6.08. The van der Waals surface area contributed by atoms with E-state index in [1.165, 1.54) is 22.7 Å². The molecule has 2 aliphatic heterocycles. The maximum Gasteiger partial charge on any atom is 0.222 e. The number of nitrogens with zero attached hydrogens (tertiary/aromatic N) is 3. The Labute approximate surface area is 147 Å². The van der Waals surface area contributed by atoms with Crippen molar-refractivity contribution in [3.63, 3.8) is 0 Å². The van der Waals surface area contributed by atoms with E-state index in [0.29, 0.717) is 17.8 Å². The SMILES string of the molecule is Cc1ccc(CN2CC[C@H]3CO[C@H](CNc4ncccn4)[C@H]3C2)s1. The largest absolute Gasteiger partial charge is 0.376 e. The number of hydrogen-bond donors (Lipinski definition) is 1. The van der Waals surface area contributed by atoms with Gasteiger partial charge in [-0.2, -0.15) is 0 Å². The number of anilines is 1. The van der Waals surface area contributed by atoms with E-state index < -0.39 is 0 Å². The Hall–Kier alpha value is -1.50. The lowest BCUT2D eigenvalue weighted by atomic mass is 9.84. The minimum atomic E-state index is 0.256. The van der Waals surface area contributed by atoms with E-state index in [2.05, 4.69) is 39.2 Å². The standard InChI is InChI=1S/C18H24N4OS/c1-13-3-4-15(24-13)10-22-8-5-14-12-23-17(16(14)11-22)9-21-18-19-6-2-7-20-18/h2-4,6-7,14,16-17H,5,8-12H2,1H3,(H,19,20,21)/t14-,16-,17+/m0/s1. The Kier molecular flexibility index (Phi) is 4.78. The summed E-state index contributed by atoms with van der Waals surface area (Å²) in [5, 5.41) is 3.32. The predicted octanol–water partition coefficient (Wildman–Crippen LogP) is 2.80. The van der Waals surface area contributed by atoms with Crippen LogP contribution in [0, 0.1) is 18.8 Å². The second-order valence-electron chi connectivity index (χ2n) is 6.79. The number of fused-ring (bicyclic) bond motifs is 1. The van der Waals surface area contributed by atoms with Crippen LogP contribution >= 0.6 is 11.3 Å². The number of ether oxygens (including phenoxy) is 1. The summed E-state index contributed by atoms with van der Waals surface area (Å²) in [6.07, 6.45) is 5.03. The number of thiophene rings is 1. The molecule has 2 aromatic heterocycles. The smallest absolute Gasteiger partial charge is 0.222 e. The maximum absolute atomic E-state index is 6.08. The van der Waals surface area contributed by atoms with E-state index in [4.69, 9.17) is 4.74 Å². The Bertz CT molecular complexity index is 662. The van der Waals surface area contributed by atoms with Crippen LogP contribution in [0.25, 0.3) is 0 Å². The first-order valence-corrected chi connectivity index (χ1v) is 9.50. The first-order chi connectivity index (χ1) is 11.8. The Morgan fingerprint density at radius 1 is 1.33 bits per heavy atom. The quantitative estimate of drug-likeness (QED) is 0.904. The van der Waals surface area contributed by atoms with E-state index in [1.54, 1.807) is 12.4 Å². The first-order valence-electron chi connectivity index (χ1n) is 8.68. The van der Waals surface area contributed by atoms with Crippen molar-refractivity contribution in [3.8, 4) is 0 Å². The molecule has 0 bridgehead atoms. The summed E-state index contributed by atoms with van der Waals surface area (Å²) in [6.45, 7) is 7.25. The number of rotatable bonds is 5. The third kappa shape index (κ3) is 3.61. The van der Waals surface area contributed by atoms with Crippen molar-refractivity contribution in [1.29, 1.82) is 0 Å². The average Bonchev–Trinajstić information content (AvgIpc) is 3.20. The van der Waals surface area contributed by atoms with Crippen LogP contribution in [0.5, 0.6) is 0 Å². The molecule has 0 radical (unpaired) electrons. The van der Waals surface area contributed by atoms with E-state index >= 15 is 0 Å². The van der Waals surface area contributed by atoms with Crippen molar-refractivity contribution in [3.05, 3.63) is 40.3 Å². The fraction of sp³-hybridized carbons (Fsp3) is 0.556. The zero-order valence-corrected chi connectivity index (χ0v) is 14.8. The second-order valence-corrected chi connectivity index (χ2v) is 8.16. The molecule has 0 spiro atoms. The molecule has 0 aliphatic carbocycles. The molecule has 24 heavy (non-hydrogen) atoms. The summed E-state index contributed by atoms with van der Waals surface area (Å²) >= 11 is 1.91.